The van der Waals surface area contributed by atoms with Gasteiger partial charge >= 0.3 is 29.6 Å². The monoisotopic (exact) mass is 217 g/mol. The number of hydrogen-bond donors (Lipinski definition) is 1. The van der Waals surface area contributed by atoms with E-state index in [0.717, 1.165) is 5.39 Å². The Morgan fingerprint density at radius 1 is 1.21 bits per heavy atom. The number of nitrogens with zero attached hydrogens (tertiary/aromatic N) is 1. The van der Waals surface area contributed by atoms with Crippen molar-refractivity contribution in [2.24, 2.45) is 0 Å². The molecular formula is C9H8NNaO2S. The van der Waals surface area contributed by atoms with Gasteiger partial charge in [-0.3, -0.25) is 4.98 Å². The minimum absolute atomic E-state index is 0. The van der Waals surface area contributed by atoms with Gasteiger partial charge in [0.2, 0.25) is 0 Å². The van der Waals surface area contributed by atoms with E-state index in [1.54, 1.807) is 24.4 Å². The first kappa shape index (κ1) is 11.8. The molecule has 0 aliphatic carbocycles. The van der Waals surface area contributed by atoms with Gasteiger partial charge in [-0.05, 0) is 12.1 Å². The molecule has 1 aromatic heterocycles. The molecule has 0 bridgehead atoms. The Kier molecular flexibility index (Phi) is 4.22. The van der Waals surface area contributed by atoms with E-state index in [9.17, 15) is 4.21 Å². The van der Waals surface area contributed by atoms with Gasteiger partial charge in [-0.1, -0.05) is 18.2 Å². The number of benzene rings is 1. The van der Waals surface area contributed by atoms with E-state index in [0.29, 0.717) is 10.4 Å². The molecule has 1 heterocycles. The van der Waals surface area contributed by atoms with Gasteiger partial charge < -0.3 is 4.55 Å². The number of hydrogen-bond acceptors (Lipinski definition) is 2. The zero-order valence-electron chi connectivity index (χ0n) is 6.68. The molecule has 0 saturated heterocycles. The first-order valence-corrected chi connectivity index (χ1v) is 4.84. The summed E-state index contributed by atoms with van der Waals surface area (Å²) in [6.45, 7) is 0. The first-order chi connectivity index (χ1) is 6.29. The van der Waals surface area contributed by atoms with Gasteiger partial charge in [0.1, 0.15) is 0 Å². The van der Waals surface area contributed by atoms with Gasteiger partial charge in [0.05, 0.1) is 10.4 Å². The van der Waals surface area contributed by atoms with Crippen molar-refractivity contribution in [2.45, 2.75) is 4.90 Å². The van der Waals surface area contributed by atoms with Crippen LogP contribution in [-0.2, 0) is 11.1 Å². The number of pyridine rings is 1. The molecule has 0 fully saturated rings. The average Bonchev–Trinajstić information content (AvgIpc) is 2.17. The van der Waals surface area contributed by atoms with Gasteiger partial charge in [0.25, 0.3) is 0 Å². The molecule has 0 spiro atoms. The Hall–Kier alpha value is -0.260. The maximum atomic E-state index is 10.9. The van der Waals surface area contributed by atoms with Crippen LogP contribution in [0.4, 0.5) is 0 Å². The molecule has 1 aromatic carbocycles. The van der Waals surface area contributed by atoms with Crippen molar-refractivity contribution >= 4 is 51.5 Å². The maximum absolute atomic E-state index is 10.9. The summed E-state index contributed by atoms with van der Waals surface area (Å²) in [5.41, 5.74) is 0.589. The Balaban J connectivity index is 0.000000980. The molecule has 1 unspecified atom stereocenters. The fourth-order valence-corrected chi connectivity index (χ4v) is 1.75. The minimum atomic E-state index is -1.97. The van der Waals surface area contributed by atoms with Gasteiger partial charge in [0, 0.05) is 11.6 Å². The fourth-order valence-electron chi connectivity index (χ4n) is 1.22. The predicted molar refractivity (Wildman–Crippen MR) is 57.9 cm³/mol. The van der Waals surface area contributed by atoms with Crippen molar-refractivity contribution in [1.29, 1.82) is 0 Å². The van der Waals surface area contributed by atoms with E-state index < -0.39 is 11.1 Å². The quantitative estimate of drug-likeness (QED) is 0.576. The van der Waals surface area contributed by atoms with Crippen LogP contribution in [0.3, 0.4) is 0 Å². The van der Waals surface area contributed by atoms with E-state index in [4.69, 9.17) is 4.55 Å². The van der Waals surface area contributed by atoms with Crippen molar-refractivity contribution in [3.8, 4) is 0 Å². The SMILES string of the molecule is O=S(O)c1cccc2cccnc12.[NaH]. The Bertz CT molecular complexity index is 470. The summed E-state index contributed by atoms with van der Waals surface area (Å²) in [7, 11) is 0. The molecule has 0 radical (unpaired) electrons. The third-order valence-corrected chi connectivity index (χ3v) is 2.49. The Morgan fingerprint density at radius 3 is 2.64 bits per heavy atom. The number of fused-ring (bicyclic) bond motifs is 1. The molecule has 2 aromatic rings. The zero-order valence-corrected chi connectivity index (χ0v) is 7.49. The molecule has 3 nitrogen and oxygen atoms in total. The van der Waals surface area contributed by atoms with Gasteiger partial charge in [-0.15, -0.1) is 0 Å². The van der Waals surface area contributed by atoms with Crippen LogP contribution in [-0.4, -0.2) is 43.3 Å². The van der Waals surface area contributed by atoms with Gasteiger partial charge in [-0.2, -0.15) is 0 Å². The predicted octanol–water partition coefficient (Wildman–Crippen LogP) is 1.17. The van der Waals surface area contributed by atoms with Crippen molar-refractivity contribution in [3.05, 3.63) is 36.5 Å². The molecule has 14 heavy (non-hydrogen) atoms. The van der Waals surface area contributed by atoms with Crippen molar-refractivity contribution < 1.29 is 8.76 Å². The zero-order chi connectivity index (χ0) is 9.26. The van der Waals surface area contributed by atoms with Crippen LogP contribution in [0, 0.1) is 0 Å². The van der Waals surface area contributed by atoms with Crippen LogP contribution in [0.1, 0.15) is 0 Å². The normalized spacial score (nSPS) is 12.1. The molecule has 1 atom stereocenters. The second-order valence-corrected chi connectivity index (χ2v) is 3.52. The second-order valence-electron chi connectivity index (χ2n) is 2.58. The van der Waals surface area contributed by atoms with Crippen LogP contribution in [0.25, 0.3) is 10.9 Å². The molecule has 0 amide bonds. The van der Waals surface area contributed by atoms with Gasteiger partial charge in [0.15, 0.2) is 11.1 Å². The summed E-state index contributed by atoms with van der Waals surface area (Å²) >= 11 is -1.97. The second kappa shape index (κ2) is 5.00. The summed E-state index contributed by atoms with van der Waals surface area (Å²) in [6, 6.07) is 8.86. The summed E-state index contributed by atoms with van der Waals surface area (Å²) in [6.07, 6.45) is 1.61. The third kappa shape index (κ3) is 2.21. The van der Waals surface area contributed by atoms with Crippen LogP contribution < -0.4 is 0 Å². The number of aromatic nitrogens is 1. The molecule has 0 aliphatic rings. The van der Waals surface area contributed by atoms with E-state index in [1.165, 1.54) is 0 Å². The third-order valence-electron chi connectivity index (χ3n) is 1.78. The van der Waals surface area contributed by atoms with E-state index >= 15 is 0 Å². The molecule has 68 valence electrons. The number of para-hydroxylation sites is 1. The van der Waals surface area contributed by atoms with Crippen LogP contribution in [0.2, 0.25) is 0 Å². The van der Waals surface area contributed by atoms with E-state index in [2.05, 4.69) is 4.98 Å². The standard InChI is InChI=1S/C9H7NO2S.Na.H/c11-13(12)8-5-1-3-7-4-2-6-10-9(7)8;;/h1-6H,(H,11,12);;. The first-order valence-electron chi connectivity index (χ1n) is 3.73. The van der Waals surface area contributed by atoms with Crippen LogP contribution in [0.15, 0.2) is 41.4 Å². The Morgan fingerprint density at radius 2 is 1.93 bits per heavy atom. The topological polar surface area (TPSA) is 50.2 Å². The summed E-state index contributed by atoms with van der Waals surface area (Å²) in [5.74, 6) is 0. The average molecular weight is 217 g/mol. The van der Waals surface area contributed by atoms with Gasteiger partial charge in [-0.25, -0.2) is 4.21 Å². The summed E-state index contributed by atoms with van der Waals surface area (Å²) in [4.78, 5) is 4.41. The molecule has 5 heteroatoms. The van der Waals surface area contributed by atoms with E-state index in [-0.39, 0.29) is 29.6 Å². The fraction of sp³-hybridized carbons (Fsp3) is 0. The molecular weight excluding hydrogens is 209 g/mol. The van der Waals surface area contributed by atoms with Crippen LogP contribution in [0.5, 0.6) is 0 Å². The molecule has 2 rings (SSSR count). The van der Waals surface area contributed by atoms with E-state index in [1.807, 2.05) is 12.1 Å². The molecule has 0 aliphatic heterocycles. The van der Waals surface area contributed by atoms with Crippen LogP contribution >= 0.6 is 0 Å². The molecule has 0 saturated carbocycles. The number of rotatable bonds is 1. The van der Waals surface area contributed by atoms with Crippen molar-refractivity contribution in [3.63, 3.8) is 0 Å². The van der Waals surface area contributed by atoms with Crippen molar-refractivity contribution in [1.82, 2.24) is 4.98 Å². The summed E-state index contributed by atoms with van der Waals surface area (Å²) in [5, 5.41) is 0.877. The Labute approximate surface area is 106 Å². The summed E-state index contributed by atoms with van der Waals surface area (Å²) < 4.78 is 19.8. The van der Waals surface area contributed by atoms with Crippen molar-refractivity contribution in [2.75, 3.05) is 0 Å². The molecule has 1 N–H and O–H groups in total.